The molecule has 2 amide bonds. The molecule has 0 aliphatic carbocycles. The second-order valence-corrected chi connectivity index (χ2v) is 5.06. The van der Waals surface area contributed by atoms with Crippen molar-refractivity contribution in [2.75, 3.05) is 5.32 Å². The molecule has 0 aliphatic heterocycles. The number of amides is 2. The number of carbonyl (C=O) groups excluding carboxylic acids is 2. The van der Waals surface area contributed by atoms with Gasteiger partial charge in [-0.25, -0.2) is 5.48 Å². The van der Waals surface area contributed by atoms with Crippen molar-refractivity contribution in [2.24, 2.45) is 0 Å². The van der Waals surface area contributed by atoms with Gasteiger partial charge in [-0.3, -0.25) is 14.8 Å². The first-order valence-corrected chi connectivity index (χ1v) is 7.21. The summed E-state index contributed by atoms with van der Waals surface area (Å²) in [5.41, 5.74) is 3.45. The summed E-state index contributed by atoms with van der Waals surface area (Å²) in [7, 11) is 0. The molecular weight excluding hydrogens is 296 g/mol. The van der Waals surface area contributed by atoms with Crippen LogP contribution in [0.4, 0.5) is 5.69 Å². The highest BCUT2D eigenvalue weighted by molar-refractivity contribution is 6.06. The molecule has 0 aromatic heterocycles. The fraction of sp³-hybridized carbons (Fsp3) is 0.176. The van der Waals surface area contributed by atoms with Gasteiger partial charge in [0.05, 0.1) is 5.56 Å². The molecule has 0 heterocycles. The molecule has 0 saturated heterocycles. The third-order valence-electron chi connectivity index (χ3n) is 3.35. The summed E-state index contributed by atoms with van der Waals surface area (Å²) < 4.78 is 0. The molecule has 0 bridgehead atoms. The Hall–Kier alpha value is -2.86. The summed E-state index contributed by atoms with van der Waals surface area (Å²) >= 11 is 0. The van der Waals surface area contributed by atoms with Crippen LogP contribution in [0.1, 0.15) is 28.8 Å². The van der Waals surface area contributed by atoms with Gasteiger partial charge in [0.1, 0.15) is 5.75 Å². The number of aryl methyl sites for hydroxylation is 1. The maximum absolute atomic E-state index is 12.1. The Bertz CT molecular complexity index is 683. The molecular formula is C17H18N2O4. The van der Waals surface area contributed by atoms with Crippen molar-refractivity contribution in [1.82, 2.24) is 5.48 Å². The van der Waals surface area contributed by atoms with Crippen molar-refractivity contribution in [3.63, 3.8) is 0 Å². The van der Waals surface area contributed by atoms with Crippen molar-refractivity contribution in [3.8, 4) is 5.75 Å². The van der Waals surface area contributed by atoms with Crippen molar-refractivity contribution in [1.29, 1.82) is 0 Å². The van der Waals surface area contributed by atoms with Crippen LogP contribution in [0.25, 0.3) is 0 Å². The molecule has 0 atom stereocenters. The third kappa shape index (κ3) is 4.82. The molecule has 120 valence electrons. The van der Waals surface area contributed by atoms with Crippen LogP contribution >= 0.6 is 0 Å². The molecule has 0 fully saturated rings. The maximum atomic E-state index is 12.1. The number of benzene rings is 2. The van der Waals surface area contributed by atoms with E-state index in [1.54, 1.807) is 35.8 Å². The molecule has 6 nitrogen and oxygen atoms in total. The average Bonchev–Trinajstić information content (AvgIpc) is 2.56. The number of hydroxylamine groups is 1. The molecule has 0 aliphatic rings. The minimum Gasteiger partial charge on any atom is -0.507 e. The summed E-state index contributed by atoms with van der Waals surface area (Å²) in [4.78, 5) is 23.0. The Kier molecular flexibility index (Phi) is 5.71. The Morgan fingerprint density at radius 1 is 1.00 bits per heavy atom. The molecule has 0 radical (unpaired) electrons. The fourth-order valence-corrected chi connectivity index (χ4v) is 2.13. The molecule has 2 aromatic rings. The second-order valence-electron chi connectivity index (χ2n) is 5.06. The van der Waals surface area contributed by atoms with Gasteiger partial charge >= 0.3 is 0 Å². The van der Waals surface area contributed by atoms with Crippen LogP contribution in [0, 0.1) is 0 Å². The van der Waals surface area contributed by atoms with E-state index < -0.39 is 5.91 Å². The van der Waals surface area contributed by atoms with Crippen LogP contribution < -0.4 is 10.8 Å². The minimum absolute atomic E-state index is 0.0659. The zero-order valence-corrected chi connectivity index (χ0v) is 12.5. The van der Waals surface area contributed by atoms with E-state index in [1.807, 2.05) is 12.1 Å². The number of anilines is 1. The number of phenols is 1. The summed E-state index contributed by atoms with van der Waals surface area (Å²) in [5.74, 6) is -0.851. The molecule has 0 unspecified atom stereocenters. The van der Waals surface area contributed by atoms with Gasteiger partial charge in [0.15, 0.2) is 0 Å². The summed E-state index contributed by atoms with van der Waals surface area (Å²) in [6.45, 7) is 0. The summed E-state index contributed by atoms with van der Waals surface area (Å²) in [6.07, 6.45) is 1.57. The summed E-state index contributed by atoms with van der Waals surface area (Å²) in [5, 5.41) is 20.8. The predicted octanol–water partition coefficient (Wildman–Crippen LogP) is 2.47. The highest BCUT2D eigenvalue weighted by Crippen LogP contribution is 2.18. The zero-order valence-electron chi connectivity index (χ0n) is 12.5. The van der Waals surface area contributed by atoms with Crippen molar-refractivity contribution in [2.45, 2.75) is 19.3 Å². The smallest absolute Gasteiger partial charge is 0.259 e. The van der Waals surface area contributed by atoms with Crippen LogP contribution in [-0.4, -0.2) is 22.1 Å². The predicted molar refractivity (Wildman–Crippen MR) is 85.4 cm³/mol. The largest absolute Gasteiger partial charge is 0.507 e. The van der Waals surface area contributed by atoms with E-state index in [1.165, 1.54) is 6.07 Å². The number of rotatable bonds is 6. The van der Waals surface area contributed by atoms with Crippen LogP contribution in [-0.2, 0) is 11.2 Å². The fourth-order valence-electron chi connectivity index (χ4n) is 2.13. The number of nitrogens with one attached hydrogen (secondary N) is 2. The van der Waals surface area contributed by atoms with E-state index in [-0.39, 0.29) is 23.6 Å². The van der Waals surface area contributed by atoms with Crippen LogP contribution in [0.3, 0.4) is 0 Å². The Morgan fingerprint density at radius 3 is 2.35 bits per heavy atom. The maximum Gasteiger partial charge on any atom is 0.259 e. The lowest BCUT2D eigenvalue weighted by Gasteiger charge is -2.08. The van der Waals surface area contributed by atoms with Gasteiger partial charge < -0.3 is 10.4 Å². The molecule has 6 heteroatoms. The highest BCUT2D eigenvalue weighted by atomic mass is 16.5. The standard InChI is InChI=1S/C17H18N2O4/c20-15-6-2-1-5-14(15)17(22)18-13-10-8-12(9-11-13)4-3-7-16(21)19-23/h1-2,5-6,8-11,20,23H,3-4,7H2,(H,18,22)(H,19,21). The van der Waals surface area contributed by atoms with Crippen LogP contribution in [0.15, 0.2) is 48.5 Å². The SMILES string of the molecule is O=C(CCCc1ccc(NC(=O)c2ccccc2O)cc1)NO. The van der Waals surface area contributed by atoms with Crippen molar-refractivity contribution < 1.29 is 19.9 Å². The molecule has 23 heavy (non-hydrogen) atoms. The number of carbonyl (C=O) groups is 2. The Labute approximate surface area is 133 Å². The first kappa shape index (κ1) is 16.5. The van der Waals surface area contributed by atoms with Crippen LogP contribution in [0.5, 0.6) is 5.75 Å². The van der Waals surface area contributed by atoms with E-state index in [0.717, 1.165) is 5.56 Å². The Morgan fingerprint density at radius 2 is 1.70 bits per heavy atom. The highest BCUT2D eigenvalue weighted by Gasteiger charge is 2.10. The van der Waals surface area contributed by atoms with E-state index in [4.69, 9.17) is 5.21 Å². The number of aromatic hydroxyl groups is 1. The lowest BCUT2D eigenvalue weighted by molar-refractivity contribution is -0.129. The molecule has 2 rings (SSSR count). The molecule has 0 spiro atoms. The van der Waals surface area contributed by atoms with E-state index in [2.05, 4.69) is 5.32 Å². The van der Waals surface area contributed by atoms with Gasteiger partial charge in [0, 0.05) is 12.1 Å². The van der Waals surface area contributed by atoms with Crippen molar-refractivity contribution in [3.05, 3.63) is 59.7 Å². The van der Waals surface area contributed by atoms with Gasteiger partial charge in [-0.2, -0.15) is 0 Å². The summed E-state index contributed by atoms with van der Waals surface area (Å²) in [6, 6.07) is 13.6. The lowest BCUT2D eigenvalue weighted by atomic mass is 10.1. The lowest BCUT2D eigenvalue weighted by Crippen LogP contribution is -2.18. The van der Waals surface area contributed by atoms with Gasteiger partial charge in [0.2, 0.25) is 5.91 Å². The quantitative estimate of drug-likeness (QED) is 0.486. The molecule has 2 aromatic carbocycles. The van der Waals surface area contributed by atoms with E-state index in [9.17, 15) is 14.7 Å². The normalized spacial score (nSPS) is 10.1. The topological polar surface area (TPSA) is 98.7 Å². The van der Waals surface area contributed by atoms with Crippen molar-refractivity contribution >= 4 is 17.5 Å². The van der Waals surface area contributed by atoms with Gasteiger partial charge in [-0.15, -0.1) is 0 Å². The zero-order chi connectivity index (χ0) is 16.7. The third-order valence-corrected chi connectivity index (χ3v) is 3.35. The number of phenolic OH excluding ortho intramolecular Hbond substituents is 1. The number of para-hydroxylation sites is 1. The Balaban J connectivity index is 1.91. The second kappa shape index (κ2) is 7.95. The first-order chi connectivity index (χ1) is 11.1. The van der Waals surface area contributed by atoms with Gasteiger partial charge in [-0.1, -0.05) is 24.3 Å². The first-order valence-electron chi connectivity index (χ1n) is 7.21. The average molecular weight is 314 g/mol. The molecule has 4 N–H and O–H groups in total. The van der Waals surface area contributed by atoms with E-state index >= 15 is 0 Å². The van der Waals surface area contributed by atoms with Gasteiger partial charge in [0.25, 0.3) is 5.91 Å². The van der Waals surface area contributed by atoms with Gasteiger partial charge in [-0.05, 0) is 42.7 Å². The number of hydrogen-bond donors (Lipinski definition) is 4. The monoisotopic (exact) mass is 314 g/mol. The molecule has 0 saturated carbocycles. The minimum atomic E-state index is -0.406. The van der Waals surface area contributed by atoms with Crippen LogP contribution in [0.2, 0.25) is 0 Å². The number of hydrogen-bond acceptors (Lipinski definition) is 4. The van der Waals surface area contributed by atoms with E-state index in [0.29, 0.717) is 18.5 Å².